The summed E-state index contributed by atoms with van der Waals surface area (Å²) >= 11 is 0. The zero-order valence-electron chi connectivity index (χ0n) is 14.7. The molecule has 1 amide bonds. The molecule has 1 aliphatic rings. The minimum atomic E-state index is -0.651. The van der Waals surface area contributed by atoms with E-state index in [4.69, 9.17) is 4.74 Å². The van der Waals surface area contributed by atoms with Crippen molar-refractivity contribution in [3.63, 3.8) is 0 Å². The lowest BCUT2D eigenvalue weighted by molar-refractivity contribution is -0.116. The van der Waals surface area contributed by atoms with Crippen LogP contribution in [0.4, 0.5) is 11.4 Å². The van der Waals surface area contributed by atoms with Gasteiger partial charge in [0.25, 0.3) is 0 Å². The molecule has 1 heterocycles. The SMILES string of the molecule is Cc1ccc(OCC(O)CN2CCC(=O)Nc3ccccc32)c(C)c1. The molecule has 0 spiro atoms. The standard InChI is InChI=1S/C20H24N2O3/c1-14-7-8-19(15(2)11-14)25-13-16(23)12-22-10-9-20(24)21-17-5-3-4-6-18(17)22/h3-8,11,16,23H,9-10,12-13H2,1-2H3,(H,21,24). The number of aliphatic hydroxyl groups is 1. The number of hydrogen-bond acceptors (Lipinski definition) is 4. The number of amides is 1. The Morgan fingerprint density at radius 3 is 2.84 bits per heavy atom. The maximum absolute atomic E-state index is 11.8. The molecule has 0 radical (unpaired) electrons. The summed E-state index contributed by atoms with van der Waals surface area (Å²) in [6.45, 7) is 5.24. The van der Waals surface area contributed by atoms with Gasteiger partial charge in [-0.1, -0.05) is 29.8 Å². The van der Waals surface area contributed by atoms with E-state index in [2.05, 4.69) is 11.4 Å². The van der Waals surface area contributed by atoms with E-state index in [0.29, 0.717) is 19.5 Å². The van der Waals surface area contributed by atoms with Crippen LogP contribution in [0.15, 0.2) is 42.5 Å². The Morgan fingerprint density at radius 2 is 2.04 bits per heavy atom. The first kappa shape index (κ1) is 17.3. The molecular weight excluding hydrogens is 316 g/mol. The van der Waals surface area contributed by atoms with E-state index in [0.717, 1.165) is 22.7 Å². The zero-order chi connectivity index (χ0) is 17.8. The van der Waals surface area contributed by atoms with Gasteiger partial charge in [-0.2, -0.15) is 0 Å². The van der Waals surface area contributed by atoms with Gasteiger partial charge in [0.1, 0.15) is 18.5 Å². The number of aryl methyl sites for hydroxylation is 2. The maximum Gasteiger partial charge on any atom is 0.226 e. The minimum absolute atomic E-state index is 0.00373. The van der Waals surface area contributed by atoms with Crippen molar-refractivity contribution in [3.8, 4) is 5.75 Å². The van der Waals surface area contributed by atoms with Crippen LogP contribution in [0, 0.1) is 13.8 Å². The average molecular weight is 340 g/mol. The molecule has 2 aromatic rings. The van der Waals surface area contributed by atoms with Gasteiger partial charge in [-0.15, -0.1) is 0 Å². The summed E-state index contributed by atoms with van der Waals surface area (Å²) in [6, 6.07) is 13.6. The summed E-state index contributed by atoms with van der Waals surface area (Å²) in [5.41, 5.74) is 3.96. The van der Waals surface area contributed by atoms with Gasteiger partial charge in [0.05, 0.1) is 11.4 Å². The molecule has 1 atom stereocenters. The van der Waals surface area contributed by atoms with E-state index in [1.54, 1.807) is 0 Å². The van der Waals surface area contributed by atoms with Gasteiger partial charge in [-0.25, -0.2) is 0 Å². The smallest absolute Gasteiger partial charge is 0.226 e. The molecule has 2 N–H and O–H groups in total. The fraction of sp³-hybridized carbons (Fsp3) is 0.350. The summed E-state index contributed by atoms with van der Waals surface area (Å²) in [5, 5.41) is 13.3. The third-order valence-electron chi connectivity index (χ3n) is 4.32. The lowest BCUT2D eigenvalue weighted by Gasteiger charge is -2.26. The highest BCUT2D eigenvalue weighted by Crippen LogP contribution is 2.28. The number of aliphatic hydroxyl groups excluding tert-OH is 1. The highest BCUT2D eigenvalue weighted by Gasteiger charge is 2.21. The van der Waals surface area contributed by atoms with Crippen LogP contribution in [0.2, 0.25) is 0 Å². The summed E-state index contributed by atoms with van der Waals surface area (Å²) in [7, 11) is 0. The number of benzene rings is 2. The monoisotopic (exact) mass is 340 g/mol. The van der Waals surface area contributed by atoms with Gasteiger partial charge in [0.15, 0.2) is 0 Å². The van der Waals surface area contributed by atoms with Crippen LogP contribution in [0.3, 0.4) is 0 Å². The molecule has 5 heteroatoms. The molecule has 0 bridgehead atoms. The van der Waals surface area contributed by atoms with Crippen molar-refractivity contribution >= 4 is 17.3 Å². The number of anilines is 2. The third kappa shape index (κ3) is 4.31. The first-order chi connectivity index (χ1) is 12.0. The van der Waals surface area contributed by atoms with Gasteiger partial charge in [0.2, 0.25) is 5.91 Å². The van der Waals surface area contributed by atoms with E-state index in [1.165, 1.54) is 5.56 Å². The fourth-order valence-corrected chi connectivity index (χ4v) is 3.07. The third-order valence-corrected chi connectivity index (χ3v) is 4.32. The molecule has 0 saturated carbocycles. The van der Waals surface area contributed by atoms with Gasteiger partial charge in [0, 0.05) is 19.5 Å². The second-order valence-corrected chi connectivity index (χ2v) is 6.50. The molecular formula is C20H24N2O3. The normalized spacial score (nSPS) is 15.2. The molecule has 0 saturated heterocycles. The van der Waals surface area contributed by atoms with Crippen molar-refractivity contribution in [3.05, 3.63) is 53.6 Å². The number of ether oxygens (including phenoxy) is 1. The first-order valence-corrected chi connectivity index (χ1v) is 8.55. The second kappa shape index (κ2) is 7.57. The quantitative estimate of drug-likeness (QED) is 0.879. The summed E-state index contributed by atoms with van der Waals surface area (Å²) in [5.74, 6) is 0.786. The van der Waals surface area contributed by atoms with Crippen molar-refractivity contribution in [2.75, 3.05) is 29.9 Å². The Hall–Kier alpha value is -2.53. The topological polar surface area (TPSA) is 61.8 Å². The first-order valence-electron chi connectivity index (χ1n) is 8.55. The number of fused-ring (bicyclic) bond motifs is 1. The Kier molecular flexibility index (Phi) is 5.24. The Bertz CT molecular complexity index is 760. The zero-order valence-corrected chi connectivity index (χ0v) is 14.7. The largest absolute Gasteiger partial charge is 0.491 e. The number of rotatable bonds is 5. The molecule has 0 aliphatic carbocycles. The van der Waals surface area contributed by atoms with Gasteiger partial charge >= 0.3 is 0 Å². The van der Waals surface area contributed by atoms with Crippen LogP contribution in [-0.4, -0.2) is 36.8 Å². The highest BCUT2D eigenvalue weighted by atomic mass is 16.5. The van der Waals surface area contributed by atoms with Crippen LogP contribution in [0.1, 0.15) is 17.5 Å². The minimum Gasteiger partial charge on any atom is -0.491 e. The molecule has 1 aliphatic heterocycles. The average Bonchev–Trinajstić information content (AvgIpc) is 2.73. The van der Waals surface area contributed by atoms with E-state index in [9.17, 15) is 9.90 Å². The van der Waals surface area contributed by atoms with Crippen LogP contribution >= 0.6 is 0 Å². The number of carbonyl (C=O) groups is 1. The van der Waals surface area contributed by atoms with Crippen LogP contribution in [0.25, 0.3) is 0 Å². The van der Waals surface area contributed by atoms with Crippen molar-refractivity contribution in [2.24, 2.45) is 0 Å². The van der Waals surface area contributed by atoms with Crippen molar-refractivity contribution in [1.29, 1.82) is 0 Å². The van der Waals surface area contributed by atoms with Gasteiger partial charge in [-0.3, -0.25) is 4.79 Å². The molecule has 0 aromatic heterocycles. The van der Waals surface area contributed by atoms with Crippen LogP contribution in [0.5, 0.6) is 5.75 Å². The lowest BCUT2D eigenvalue weighted by Crippen LogP contribution is -2.36. The molecule has 1 unspecified atom stereocenters. The fourth-order valence-electron chi connectivity index (χ4n) is 3.07. The number of carbonyl (C=O) groups excluding carboxylic acids is 1. The van der Waals surface area contributed by atoms with Crippen molar-refractivity contribution < 1.29 is 14.6 Å². The number of nitrogens with one attached hydrogen (secondary N) is 1. The molecule has 25 heavy (non-hydrogen) atoms. The Labute approximate surface area is 148 Å². The number of para-hydroxylation sites is 2. The number of β-amino-alcohol motifs (C(OH)–C–C–N with tert-alkyl or cyclic N) is 1. The number of hydrogen-bond donors (Lipinski definition) is 2. The van der Waals surface area contributed by atoms with Crippen LogP contribution in [-0.2, 0) is 4.79 Å². The molecule has 5 nitrogen and oxygen atoms in total. The molecule has 132 valence electrons. The van der Waals surface area contributed by atoms with Gasteiger partial charge in [-0.05, 0) is 37.6 Å². The van der Waals surface area contributed by atoms with E-state index in [-0.39, 0.29) is 12.5 Å². The predicted molar refractivity (Wildman–Crippen MR) is 99.3 cm³/mol. The predicted octanol–water partition coefficient (Wildman–Crippen LogP) is 2.89. The lowest BCUT2D eigenvalue weighted by atomic mass is 10.1. The summed E-state index contributed by atoms with van der Waals surface area (Å²) in [4.78, 5) is 13.9. The summed E-state index contributed by atoms with van der Waals surface area (Å²) < 4.78 is 5.78. The van der Waals surface area contributed by atoms with E-state index >= 15 is 0 Å². The highest BCUT2D eigenvalue weighted by molar-refractivity contribution is 5.96. The molecule has 3 rings (SSSR count). The van der Waals surface area contributed by atoms with Crippen molar-refractivity contribution in [1.82, 2.24) is 0 Å². The number of nitrogens with zero attached hydrogens (tertiary/aromatic N) is 1. The molecule has 2 aromatic carbocycles. The van der Waals surface area contributed by atoms with Crippen molar-refractivity contribution in [2.45, 2.75) is 26.4 Å². The Balaban J connectivity index is 1.64. The summed E-state index contributed by atoms with van der Waals surface area (Å²) in [6.07, 6.45) is -0.249. The Morgan fingerprint density at radius 1 is 1.24 bits per heavy atom. The van der Waals surface area contributed by atoms with E-state index in [1.807, 2.05) is 55.1 Å². The maximum atomic E-state index is 11.8. The van der Waals surface area contributed by atoms with Gasteiger partial charge < -0.3 is 20.1 Å². The second-order valence-electron chi connectivity index (χ2n) is 6.50. The molecule has 0 fully saturated rings. The van der Waals surface area contributed by atoms with E-state index < -0.39 is 6.10 Å². The van der Waals surface area contributed by atoms with Crippen LogP contribution < -0.4 is 15.0 Å².